The summed E-state index contributed by atoms with van der Waals surface area (Å²) >= 11 is 0. The van der Waals surface area contributed by atoms with Crippen molar-refractivity contribution in [2.24, 2.45) is 5.92 Å². The second-order valence-corrected chi connectivity index (χ2v) is 6.85. The summed E-state index contributed by atoms with van der Waals surface area (Å²) in [5, 5.41) is 14.3. The van der Waals surface area contributed by atoms with Gasteiger partial charge >= 0.3 is 5.82 Å². The molecule has 0 bridgehead atoms. The number of hydrogen-bond donors (Lipinski definition) is 1. The van der Waals surface area contributed by atoms with Crippen LogP contribution in [0.15, 0.2) is 6.20 Å². The molecule has 0 spiro atoms. The molecule has 9 heteroatoms. The Kier molecular flexibility index (Phi) is 6.78. The molecule has 2 heterocycles. The normalized spacial score (nSPS) is 18.0. The van der Waals surface area contributed by atoms with E-state index in [1.165, 1.54) is 19.0 Å². The number of nitro groups is 1. The summed E-state index contributed by atoms with van der Waals surface area (Å²) < 4.78 is 1.68. The average Bonchev–Trinajstić information content (AvgIpc) is 3.33. The number of nitrogens with one attached hydrogen (secondary N) is 1. The molecule has 140 valence electrons. The van der Waals surface area contributed by atoms with Crippen LogP contribution < -0.4 is 5.32 Å². The minimum Gasteiger partial charge on any atom is -0.358 e. The van der Waals surface area contributed by atoms with E-state index in [-0.39, 0.29) is 24.1 Å². The molecule has 1 aliphatic carbocycles. The number of halogens is 1. The topological polar surface area (TPSA) is 93.3 Å². The minimum atomic E-state index is -0.509. The molecule has 25 heavy (non-hydrogen) atoms. The van der Waals surface area contributed by atoms with E-state index in [0.29, 0.717) is 24.8 Å². The molecule has 1 N–H and O–H groups in total. The van der Waals surface area contributed by atoms with Crippen LogP contribution in [0.2, 0.25) is 0 Å². The van der Waals surface area contributed by atoms with Crippen LogP contribution >= 0.6 is 12.4 Å². The Balaban J connectivity index is 0.00000225. The van der Waals surface area contributed by atoms with E-state index >= 15 is 0 Å². The standard InChI is InChI=1S/C16H25N5O3.ClH/c1-12-18-15(21(23)24)11-20(12)9-6-16(22)19-7-4-14(5-8-19)17-10-13-2-3-13;/h11,13-14,17H,2-10H2,1H3;1H. The molecular weight excluding hydrogens is 346 g/mol. The molecule has 1 aliphatic heterocycles. The summed E-state index contributed by atoms with van der Waals surface area (Å²) in [6, 6.07) is 0.535. The molecule has 1 saturated heterocycles. The van der Waals surface area contributed by atoms with Crippen molar-refractivity contribution in [3.05, 3.63) is 22.1 Å². The fourth-order valence-electron chi connectivity index (χ4n) is 3.17. The molecule has 3 rings (SSSR count). The maximum Gasteiger partial charge on any atom is 0.381 e. The minimum absolute atomic E-state index is 0. The fourth-order valence-corrected chi connectivity index (χ4v) is 3.17. The van der Waals surface area contributed by atoms with Crippen molar-refractivity contribution in [1.29, 1.82) is 0 Å². The van der Waals surface area contributed by atoms with Crippen LogP contribution in [0.3, 0.4) is 0 Å². The van der Waals surface area contributed by atoms with Crippen molar-refractivity contribution in [2.75, 3.05) is 19.6 Å². The zero-order chi connectivity index (χ0) is 17.1. The van der Waals surface area contributed by atoms with Gasteiger partial charge in [0, 0.05) is 39.0 Å². The lowest BCUT2D eigenvalue weighted by molar-refractivity contribution is -0.389. The van der Waals surface area contributed by atoms with E-state index in [9.17, 15) is 14.9 Å². The Hall–Kier alpha value is -1.67. The van der Waals surface area contributed by atoms with Crippen LogP contribution in [0.25, 0.3) is 0 Å². The van der Waals surface area contributed by atoms with Crippen molar-refractivity contribution >= 4 is 24.1 Å². The number of imidazole rings is 1. The van der Waals surface area contributed by atoms with Crippen LogP contribution in [0, 0.1) is 23.0 Å². The summed E-state index contributed by atoms with van der Waals surface area (Å²) in [5.41, 5.74) is 0. The summed E-state index contributed by atoms with van der Waals surface area (Å²) in [6.45, 7) is 4.87. The average molecular weight is 372 g/mol. The third-order valence-electron chi connectivity index (χ3n) is 4.96. The number of carbonyl (C=O) groups excluding carboxylic acids is 1. The van der Waals surface area contributed by atoms with Crippen molar-refractivity contribution in [2.45, 2.75) is 51.6 Å². The Morgan fingerprint density at radius 3 is 2.60 bits per heavy atom. The second-order valence-electron chi connectivity index (χ2n) is 6.85. The Morgan fingerprint density at radius 2 is 2.04 bits per heavy atom. The van der Waals surface area contributed by atoms with Crippen molar-refractivity contribution < 1.29 is 9.72 Å². The number of amides is 1. The Labute approximate surface area is 153 Å². The number of carbonyl (C=O) groups is 1. The maximum atomic E-state index is 12.3. The van der Waals surface area contributed by atoms with Gasteiger partial charge in [-0.2, -0.15) is 0 Å². The highest BCUT2D eigenvalue weighted by molar-refractivity contribution is 5.85. The third-order valence-corrected chi connectivity index (χ3v) is 4.96. The summed E-state index contributed by atoms with van der Waals surface area (Å²) in [6.07, 6.45) is 6.49. The molecule has 1 amide bonds. The number of piperidine rings is 1. The van der Waals surface area contributed by atoms with Crippen LogP contribution in [0.4, 0.5) is 5.82 Å². The van der Waals surface area contributed by atoms with E-state index in [0.717, 1.165) is 38.4 Å². The zero-order valence-electron chi connectivity index (χ0n) is 14.5. The van der Waals surface area contributed by atoms with Gasteiger partial charge in [-0.1, -0.05) is 0 Å². The number of rotatable bonds is 7. The van der Waals surface area contributed by atoms with Crippen molar-refractivity contribution in [3.63, 3.8) is 0 Å². The fraction of sp³-hybridized carbons (Fsp3) is 0.750. The zero-order valence-corrected chi connectivity index (χ0v) is 15.3. The molecule has 0 radical (unpaired) electrons. The first kappa shape index (κ1) is 19.7. The SMILES string of the molecule is Cc1nc([N+](=O)[O-])cn1CCC(=O)N1CCC(NCC2CC2)CC1.Cl. The van der Waals surface area contributed by atoms with E-state index in [1.54, 1.807) is 11.5 Å². The highest BCUT2D eigenvalue weighted by atomic mass is 35.5. The van der Waals surface area contributed by atoms with Crippen LogP contribution in [-0.2, 0) is 11.3 Å². The molecule has 1 saturated carbocycles. The molecule has 2 fully saturated rings. The van der Waals surface area contributed by atoms with Gasteiger partial charge in [-0.05, 0) is 48.1 Å². The van der Waals surface area contributed by atoms with Gasteiger partial charge in [0.2, 0.25) is 11.7 Å². The lowest BCUT2D eigenvalue weighted by Crippen LogP contribution is -2.45. The molecule has 0 aromatic carbocycles. The van der Waals surface area contributed by atoms with Gasteiger partial charge in [-0.15, -0.1) is 12.4 Å². The Morgan fingerprint density at radius 1 is 1.36 bits per heavy atom. The molecule has 1 aromatic rings. The van der Waals surface area contributed by atoms with Gasteiger partial charge in [0.15, 0.2) is 0 Å². The molecule has 2 aliphatic rings. The molecule has 1 aromatic heterocycles. The van der Waals surface area contributed by atoms with Crippen molar-refractivity contribution in [3.8, 4) is 0 Å². The van der Waals surface area contributed by atoms with Crippen LogP contribution in [-0.4, -0.2) is 51.0 Å². The lowest BCUT2D eigenvalue weighted by Gasteiger charge is -2.32. The molecule has 0 atom stereocenters. The summed E-state index contributed by atoms with van der Waals surface area (Å²) in [7, 11) is 0. The quantitative estimate of drug-likeness (QED) is 0.583. The van der Waals surface area contributed by atoms with Gasteiger partial charge < -0.3 is 24.9 Å². The largest absolute Gasteiger partial charge is 0.381 e. The highest BCUT2D eigenvalue weighted by Crippen LogP contribution is 2.28. The predicted molar refractivity (Wildman–Crippen MR) is 95.8 cm³/mol. The van der Waals surface area contributed by atoms with E-state index < -0.39 is 4.92 Å². The molecular formula is C16H26ClN5O3. The maximum absolute atomic E-state index is 12.3. The van der Waals surface area contributed by atoms with Gasteiger partial charge in [0.05, 0.1) is 0 Å². The Bertz CT molecular complexity index is 609. The number of aromatic nitrogens is 2. The molecule has 0 unspecified atom stereocenters. The van der Waals surface area contributed by atoms with Crippen LogP contribution in [0.1, 0.15) is 37.9 Å². The van der Waals surface area contributed by atoms with Gasteiger partial charge in [-0.25, -0.2) is 0 Å². The van der Waals surface area contributed by atoms with Gasteiger partial charge in [0.25, 0.3) is 0 Å². The number of hydrogen-bond acceptors (Lipinski definition) is 5. The monoisotopic (exact) mass is 371 g/mol. The van der Waals surface area contributed by atoms with E-state index in [2.05, 4.69) is 10.3 Å². The van der Waals surface area contributed by atoms with E-state index in [1.807, 2.05) is 4.90 Å². The van der Waals surface area contributed by atoms with Crippen molar-refractivity contribution in [1.82, 2.24) is 19.8 Å². The first-order valence-electron chi connectivity index (χ1n) is 8.72. The first-order valence-corrected chi connectivity index (χ1v) is 8.72. The highest BCUT2D eigenvalue weighted by Gasteiger charge is 2.26. The summed E-state index contributed by atoms with van der Waals surface area (Å²) in [5.74, 6) is 1.40. The molecule has 8 nitrogen and oxygen atoms in total. The lowest BCUT2D eigenvalue weighted by atomic mass is 10.0. The number of nitrogens with zero attached hydrogens (tertiary/aromatic N) is 4. The smallest absolute Gasteiger partial charge is 0.358 e. The number of aryl methyl sites for hydroxylation is 2. The predicted octanol–water partition coefficient (Wildman–Crippen LogP) is 1.90. The van der Waals surface area contributed by atoms with E-state index in [4.69, 9.17) is 0 Å². The van der Waals surface area contributed by atoms with Gasteiger partial charge in [-0.3, -0.25) is 4.79 Å². The first-order chi connectivity index (χ1) is 11.5. The number of likely N-dealkylation sites (tertiary alicyclic amines) is 1. The van der Waals surface area contributed by atoms with Gasteiger partial charge in [0.1, 0.15) is 6.20 Å². The second kappa shape index (κ2) is 8.62. The van der Waals surface area contributed by atoms with Crippen LogP contribution in [0.5, 0.6) is 0 Å². The summed E-state index contributed by atoms with van der Waals surface area (Å²) in [4.78, 5) is 28.4. The third kappa shape index (κ3) is 5.40.